The summed E-state index contributed by atoms with van der Waals surface area (Å²) < 4.78 is 5.56. The van der Waals surface area contributed by atoms with E-state index in [0.29, 0.717) is 17.4 Å². The van der Waals surface area contributed by atoms with Gasteiger partial charge in [-0.3, -0.25) is 4.79 Å². The lowest BCUT2D eigenvalue weighted by Gasteiger charge is -2.25. The van der Waals surface area contributed by atoms with E-state index in [9.17, 15) is 4.79 Å². The molecular weight excluding hydrogens is 428 g/mol. The number of ether oxygens (including phenoxy) is 1. The molecule has 0 radical (unpaired) electrons. The van der Waals surface area contributed by atoms with Gasteiger partial charge in [0.1, 0.15) is 5.69 Å². The number of anilines is 2. The number of rotatable bonds is 5. The first-order valence-corrected chi connectivity index (χ1v) is 11.2. The minimum atomic E-state index is -0.144. The predicted octanol–water partition coefficient (Wildman–Crippen LogP) is 3.79. The average molecular weight is 455 g/mol. The molecule has 0 bridgehead atoms. The third kappa shape index (κ3) is 4.04. The third-order valence-electron chi connectivity index (χ3n) is 6.07. The van der Waals surface area contributed by atoms with Crippen molar-refractivity contribution in [1.29, 1.82) is 0 Å². The van der Waals surface area contributed by atoms with Crippen LogP contribution in [0.2, 0.25) is 0 Å². The molecule has 2 aromatic heterocycles. The maximum absolute atomic E-state index is 12.5. The Hall–Kier alpha value is -4.04. The molecule has 0 fully saturated rings. The highest BCUT2D eigenvalue weighted by atomic mass is 16.5. The van der Waals surface area contributed by atoms with Crippen molar-refractivity contribution in [1.82, 2.24) is 25.2 Å². The van der Waals surface area contributed by atoms with E-state index in [0.717, 1.165) is 58.5 Å². The number of amides is 1. The van der Waals surface area contributed by atoms with E-state index in [1.807, 2.05) is 42.5 Å². The van der Waals surface area contributed by atoms with E-state index < -0.39 is 0 Å². The van der Waals surface area contributed by atoms with Crippen LogP contribution in [0.1, 0.15) is 21.6 Å². The van der Waals surface area contributed by atoms with Gasteiger partial charge in [0.25, 0.3) is 5.91 Å². The van der Waals surface area contributed by atoms with Crippen molar-refractivity contribution < 1.29 is 9.53 Å². The summed E-state index contributed by atoms with van der Waals surface area (Å²) in [6.07, 6.45) is 2.67. The molecule has 3 heterocycles. The zero-order valence-corrected chi connectivity index (χ0v) is 19.4. The Kier molecular flexibility index (Phi) is 5.81. The van der Waals surface area contributed by atoms with Gasteiger partial charge < -0.3 is 20.3 Å². The van der Waals surface area contributed by atoms with E-state index in [1.165, 1.54) is 0 Å². The minimum Gasteiger partial charge on any atom is -0.480 e. The van der Waals surface area contributed by atoms with Crippen molar-refractivity contribution in [2.75, 3.05) is 33.1 Å². The first kappa shape index (κ1) is 21.8. The smallest absolute Gasteiger partial charge is 0.251 e. The number of carbonyl (C=O) groups is 1. The van der Waals surface area contributed by atoms with E-state index in [-0.39, 0.29) is 5.91 Å². The van der Waals surface area contributed by atoms with E-state index in [4.69, 9.17) is 14.7 Å². The zero-order chi connectivity index (χ0) is 23.7. The molecule has 5 rings (SSSR count). The Labute approximate surface area is 198 Å². The highest BCUT2D eigenvalue weighted by molar-refractivity contribution is 6.04. The molecule has 1 aliphatic rings. The van der Waals surface area contributed by atoms with Crippen LogP contribution in [0.5, 0.6) is 5.88 Å². The maximum atomic E-state index is 12.5. The summed E-state index contributed by atoms with van der Waals surface area (Å²) in [4.78, 5) is 28.8. The average Bonchev–Trinajstić information content (AvgIpc) is 2.87. The molecule has 1 aliphatic heterocycles. The summed E-state index contributed by atoms with van der Waals surface area (Å²) in [6, 6.07) is 15.5. The standard InChI is InChI=1S/C26H26N6O2/c1-27-24(33)20-9-5-4-8-18(20)19-10-6-7-16-14-28-26(31-23(16)19)30-22-13-17-15-32(2)12-11-21(17)29-25(22)34-3/h4-10,13-14H,11-12,15H2,1-3H3,(H,27,33)(H,28,30,31). The number of nitrogens with zero attached hydrogens (tertiary/aromatic N) is 4. The summed E-state index contributed by atoms with van der Waals surface area (Å²) in [6.45, 7) is 1.81. The van der Waals surface area contributed by atoms with Crippen LogP contribution < -0.4 is 15.4 Å². The van der Waals surface area contributed by atoms with Gasteiger partial charge in [-0.15, -0.1) is 0 Å². The Morgan fingerprint density at radius 1 is 1.09 bits per heavy atom. The van der Waals surface area contributed by atoms with Crippen molar-refractivity contribution in [2.45, 2.75) is 13.0 Å². The van der Waals surface area contributed by atoms with Gasteiger partial charge in [0, 0.05) is 49.3 Å². The van der Waals surface area contributed by atoms with Crippen LogP contribution in [0.4, 0.5) is 11.6 Å². The second-order valence-electron chi connectivity index (χ2n) is 8.33. The monoisotopic (exact) mass is 454 g/mol. The molecule has 2 N–H and O–H groups in total. The first-order chi connectivity index (χ1) is 16.6. The Morgan fingerprint density at radius 2 is 1.91 bits per heavy atom. The number of carbonyl (C=O) groups excluding carboxylic acids is 1. The Balaban J connectivity index is 1.58. The molecule has 4 aromatic rings. The van der Waals surface area contributed by atoms with Crippen molar-refractivity contribution in [2.24, 2.45) is 0 Å². The maximum Gasteiger partial charge on any atom is 0.251 e. The summed E-state index contributed by atoms with van der Waals surface area (Å²) in [7, 11) is 5.35. The molecule has 2 aromatic carbocycles. The molecule has 0 spiro atoms. The Morgan fingerprint density at radius 3 is 2.74 bits per heavy atom. The van der Waals surface area contributed by atoms with Crippen LogP contribution >= 0.6 is 0 Å². The van der Waals surface area contributed by atoms with Gasteiger partial charge in [-0.25, -0.2) is 15.0 Å². The second kappa shape index (κ2) is 9.07. The number of benzene rings is 2. The third-order valence-corrected chi connectivity index (χ3v) is 6.07. The van der Waals surface area contributed by atoms with Gasteiger partial charge in [-0.2, -0.15) is 0 Å². The van der Waals surface area contributed by atoms with Crippen LogP contribution in [-0.4, -0.2) is 53.5 Å². The van der Waals surface area contributed by atoms with Gasteiger partial charge in [0.2, 0.25) is 11.8 Å². The summed E-state index contributed by atoms with van der Waals surface area (Å²) in [5.74, 6) is 0.807. The number of para-hydroxylation sites is 1. The summed E-state index contributed by atoms with van der Waals surface area (Å²) in [5.41, 5.74) is 5.97. The number of pyridine rings is 1. The number of likely N-dealkylation sites (N-methyl/N-ethyl adjacent to an activating group) is 1. The van der Waals surface area contributed by atoms with Crippen LogP contribution in [0.3, 0.4) is 0 Å². The van der Waals surface area contributed by atoms with Crippen molar-refractivity contribution >= 4 is 28.4 Å². The highest BCUT2D eigenvalue weighted by Crippen LogP contribution is 2.33. The van der Waals surface area contributed by atoms with E-state index in [2.05, 4.69) is 33.6 Å². The molecule has 172 valence electrons. The molecule has 0 saturated heterocycles. The molecule has 0 aliphatic carbocycles. The van der Waals surface area contributed by atoms with Crippen LogP contribution in [0, 0.1) is 0 Å². The van der Waals surface area contributed by atoms with Crippen molar-refractivity contribution in [3.05, 3.63) is 71.5 Å². The number of hydrogen-bond donors (Lipinski definition) is 2. The fourth-order valence-corrected chi connectivity index (χ4v) is 4.34. The lowest BCUT2D eigenvalue weighted by atomic mass is 9.97. The van der Waals surface area contributed by atoms with Gasteiger partial charge in [0.15, 0.2) is 0 Å². The molecule has 0 atom stereocenters. The molecule has 0 unspecified atom stereocenters. The lowest BCUT2D eigenvalue weighted by molar-refractivity contribution is 0.0963. The number of fused-ring (bicyclic) bond motifs is 2. The SMILES string of the molecule is CNC(=O)c1ccccc1-c1cccc2cnc(Nc3cc4c(nc3OC)CCN(C)C4)nc12. The fraction of sp³-hybridized carbons (Fsp3) is 0.231. The second-order valence-corrected chi connectivity index (χ2v) is 8.33. The summed E-state index contributed by atoms with van der Waals surface area (Å²) in [5, 5.41) is 6.90. The largest absolute Gasteiger partial charge is 0.480 e. The van der Waals surface area contributed by atoms with Gasteiger partial charge >= 0.3 is 0 Å². The van der Waals surface area contributed by atoms with Crippen molar-refractivity contribution in [3.63, 3.8) is 0 Å². The van der Waals surface area contributed by atoms with Gasteiger partial charge in [-0.1, -0.05) is 36.4 Å². The van der Waals surface area contributed by atoms with Gasteiger partial charge in [-0.05, 0) is 30.3 Å². The van der Waals surface area contributed by atoms with E-state index in [1.54, 1.807) is 20.4 Å². The zero-order valence-electron chi connectivity index (χ0n) is 19.4. The summed E-state index contributed by atoms with van der Waals surface area (Å²) >= 11 is 0. The molecule has 1 amide bonds. The number of hydrogen-bond acceptors (Lipinski definition) is 7. The molecule has 8 heteroatoms. The lowest BCUT2D eigenvalue weighted by Crippen LogP contribution is -2.27. The minimum absolute atomic E-state index is 0.144. The molecular formula is C26H26N6O2. The number of nitrogens with one attached hydrogen (secondary N) is 2. The van der Waals surface area contributed by atoms with E-state index >= 15 is 0 Å². The fourth-order valence-electron chi connectivity index (χ4n) is 4.34. The van der Waals surface area contributed by atoms with Crippen LogP contribution in [0.15, 0.2) is 54.7 Å². The van der Waals surface area contributed by atoms with Crippen molar-refractivity contribution in [3.8, 4) is 17.0 Å². The first-order valence-electron chi connectivity index (χ1n) is 11.2. The van der Waals surface area contributed by atoms with Crippen LogP contribution in [-0.2, 0) is 13.0 Å². The Bertz CT molecular complexity index is 1390. The number of aromatic nitrogens is 3. The predicted molar refractivity (Wildman–Crippen MR) is 132 cm³/mol. The highest BCUT2D eigenvalue weighted by Gasteiger charge is 2.19. The molecule has 0 saturated carbocycles. The normalized spacial score (nSPS) is 13.4. The number of methoxy groups -OCH3 is 1. The molecule has 8 nitrogen and oxygen atoms in total. The quantitative estimate of drug-likeness (QED) is 0.474. The van der Waals surface area contributed by atoms with Gasteiger partial charge in [0.05, 0.1) is 18.3 Å². The topological polar surface area (TPSA) is 92.3 Å². The molecule has 34 heavy (non-hydrogen) atoms. The van der Waals surface area contributed by atoms with Crippen LogP contribution in [0.25, 0.3) is 22.0 Å².